The molecule has 0 aliphatic heterocycles. The van der Waals surface area contributed by atoms with Crippen molar-refractivity contribution in [2.45, 2.75) is 68.2 Å². The van der Waals surface area contributed by atoms with Crippen molar-refractivity contribution >= 4 is 38.5 Å². The van der Waals surface area contributed by atoms with E-state index >= 15 is 0 Å². The van der Waals surface area contributed by atoms with Crippen LogP contribution in [0.15, 0.2) is 27.7 Å². The highest BCUT2D eigenvalue weighted by Gasteiger charge is 2.45. The first-order valence-corrected chi connectivity index (χ1v) is 13.1. The lowest BCUT2D eigenvalue weighted by atomic mass is 9.88. The van der Waals surface area contributed by atoms with Crippen LogP contribution in [0.25, 0.3) is 11.0 Å². The Hall–Kier alpha value is -3.28. The predicted molar refractivity (Wildman–Crippen MR) is 123 cm³/mol. The first kappa shape index (κ1) is 22.2. The van der Waals surface area contributed by atoms with Gasteiger partial charge in [0.15, 0.2) is 11.0 Å². The molecule has 184 valence electrons. The van der Waals surface area contributed by atoms with Crippen LogP contribution in [-0.2, 0) is 35.7 Å². The van der Waals surface area contributed by atoms with Gasteiger partial charge in [-0.15, -0.1) is 0 Å². The molecular formula is C23H23F2N5O4S. The molecule has 1 heterocycles. The molecule has 3 N–H and O–H groups in total. The number of benzene rings is 2. The van der Waals surface area contributed by atoms with E-state index in [1.54, 1.807) is 0 Å². The molecule has 2 amide bonds. The minimum atomic E-state index is -4.33. The Bertz CT molecular complexity index is 1430. The number of anilines is 2. The number of carbonyl (C=O) groups excluding carboxylic acids is 1. The topological polar surface area (TPSA) is 126 Å². The summed E-state index contributed by atoms with van der Waals surface area (Å²) in [5.74, 6) is -2.71. The Morgan fingerprint density at radius 2 is 1.66 bits per heavy atom. The Balaban J connectivity index is 1.24. The van der Waals surface area contributed by atoms with Gasteiger partial charge >= 0.3 is 6.03 Å². The van der Waals surface area contributed by atoms with Gasteiger partial charge in [-0.3, -0.25) is 0 Å². The number of rotatable bonds is 5. The summed E-state index contributed by atoms with van der Waals surface area (Å²) >= 11 is 0. The van der Waals surface area contributed by atoms with Crippen molar-refractivity contribution in [3.63, 3.8) is 0 Å². The summed E-state index contributed by atoms with van der Waals surface area (Å²) in [7, 11) is -4.33. The number of hydrogen-bond acceptors (Lipinski definition) is 7. The molecule has 3 aliphatic carbocycles. The first-order chi connectivity index (χ1) is 16.7. The predicted octanol–water partition coefficient (Wildman–Crippen LogP) is 3.92. The maximum absolute atomic E-state index is 13.2. The number of hydrogen-bond donors (Lipinski definition) is 3. The number of nitrogens with one attached hydrogen (secondary N) is 3. The Morgan fingerprint density at radius 1 is 1.00 bits per heavy atom. The van der Waals surface area contributed by atoms with Crippen LogP contribution in [0, 0.1) is 0 Å². The zero-order valence-corrected chi connectivity index (χ0v) is 19.5. The number of amides is 2. The molecule has 1 aromatic heterocycles. The van der Waals surface area contributed by atoms with Crippen molar-refractivity contribution in [2.75, 3.05) is 10.6 Å². The van der Waals surface area contributed by atoms with E-state index in [9.17, 15) is 22.0 Å². The molecule has 2 aromatic carbocycles. The highest BCUT2D eigenvalue weighted by atomic mass is 32.2. The zero-order chi connectivity index (χ0) is 24.4. The molecule has 0 bridgehead atoms. The van der Waals surface area contributed by atoms with E-state index in [-0.39, 0.29) is 28.8 Å². The molecule has 12 heteroatoms. The van der Waals surface area contributed by atoms with E-state index < -0.39 is 28.0 Å². The van der Waals surface area contributed by atoms with E-state index in [1.165, 1.54) is 23.3 Å². The maximum atomic E-state index is 13.2. The standard InChI is InChI=1S/C23H23F2N5O4S/c24-23(25)10-14(11-23)26-17-7-8-18(21-20(17)28-34-29-21)35(32,33)30-22(31)27-19-15-5-1-3-12(15)9-13-4-2-6-16(13)19/h7-9,14,26H,1-6,10-11H2,(H2,27,30,31). The van der Waals surface area contributed by atoms with Crippen molar-refractivity contribution in [3.8, 4) is 0 Å². The van der Waals surface area contributed by atoms with E-state index in [4.69, 9.17) is 4.63 Å². The van der Waals surface area contributed by atoms with Crippen LogP contribution in [-0.4, -0.2) is 36.7 Å². The average molecular weight is 504 g/mol. The highest BCUT2D eigenvalue weighted by molar-refractivity contribution is 7.90. The average Bonchev–Trinajstić information content (AvgIpc) is 3.52. The van der Waals surface area contributed by atoms with Gasteiger partial charge in [0.2, 0.25) is 0 Å². The lowest BCUT2D eigenvalue weighted by Gasteiger charge is -2.35. The van der Waals surface area contributed by atoms with Crippen molar-refractivity contribution in [3.05, 3.63) is 40.5 Å². The highest BCUT2D eigenvalue weighted by Crippen LogP contribution is 2.40. The van der Waals surface area contributed by atoms with Crippen LogP contribution in [0.4, 0.5) is 25.0 Å². The summed E-state index contributed by atoms with van der Waals surface area (Å²) in [6.45, 7) is 0. The molecule has 0 spiro atoms. The van der Waals surface area contributed by atoms with Crippen LogP contribution in [0.2, 0.25) is 0 Å². The fourth-order valence-electron chi connectivity index (χ4n) is 5.44. The molecule has 0 unspecified atom stereocenters. The third-order valence-electron chi connectivity index (χ3n) is 7.06. The van der Waals surface area contributed by atoms with Gasteiger partial charge in [-0.2, -0.15) is 0 Å². The number of aromatic nitrogens is 2. The van der Waals surface area contributed by atoms with Gasteiger partial charge in [-0.05, 0) is 83.2 Å². The van der Waals surface area contributed by atoms with Gasteiger partial charge in [-0.25, -0.2) is 31.3 Å². The lowest BCUT2D eigenvalue weighted by molar-refractivity contribution is -0.0793. The Kier molecular flexibility index (Phi) is 4.99. The van der Waals surface area contributed by atoms with Crippen LogP contribution >= 0.6 is 0 Å². The normalized spacial score (nSPS) is 18.7. The number of carbonyl (C=O) groups is 1. The minimum Gasteiger partial charge on any atom is -0.380 e. The Labute approximate surface area is 199 Å². The van der Waals surface area contributed by atoms with Gasteiger partial charge < -0.3 is 10.6 Å². The number of nitrogens with zero attached hydrogens (tertiary/aromatic N) is 2. The van der Waals surface area contributed by atoms with Gasteiger partial charge in [0.25, 0.3) is 15.9 Å². The van der Waals surface area contributed by atoms with Gasteiger partial charge in [-0.1, -0.05) is 6.07 Å². The maximum Gasteiger partial charge on any atom is 0.333 e. The van der Waals surface area contributed by atoms with Gasteiger partial charge in [0.05, 0.1) is 5.69 Å². The number of sulfonamides is 1. The third-order valence-corrected chi connectivity index (χ3v) is 8.42. The van der Waals surface area contributed by atoms with Gasteiger partial charge in [0, 0.05) is 24.6 Å². The zero-order valence-electron chi connectivity index (χ0n) is 18.7. The third kappa shape index (κ3) is 3.89. The van der Waals surface area contributed by atoms with Crippen molar-refractivity contribution in [1.29, 1.82) is 0 Å². The summed E-state index contributed by atoms with van der Waals surface area (Å²) in [4.78, 5) is 12.6. The second kappa shape index (κ2) is 7.87. The summed E-state index contributed by atoms with van der Waals surface area (Å²) in [5, 5.41) is 13.1. The number of urea groups is 1. The molecule has 3 aliphatic rings. The summed E-state index contributed by atoms with van der Waals surface area (Å²) in [6.07, 6.45) is 4.95. The largest absolute Gasteiger partial charge is 0.380 e. The minimum absolute atomic E-state index is 0.0854. The Morgan fingerprint density at radius 3 is 2.31 bits per heavy atom. The van der Waals surface area contributed by atoms with E-state index in [1.807, 2.05) is 0 Å². The van der Waals surface area contributed by atoms with Crippen LogP contribution in [0.1, 0.15) is 47.9 Å². The molecule has 0 radical (unpaired) electrons. The molecule has 9 nitrogen and oxygen atoms in total. The first-order valence-electron chi connectivity index (χ1n) is 11.6. The molecule has 3 aromatic rings. The van der Waals surface area contributed by atoms with Crippen LogP contribution in [0.5, 0.6) is 0 Å². The quantitative estimate of drug-likeness (QED) is 0.482. The summed E-state index contributed by atoms with van der Waals surface area (Å²) in [5.41, 5.74) is 5.64. The summed E-state index contributed by atoms with van der Waals surface area (Å²) in [6, 6.07) is 3.55. The molecule has 35 heavy (non-hydrogen) atoms. The molecular weight excluding hydrogens is 480 g/mol. The molecule has 0 saturated heterocycles. The fourth-order valence-corrected chi connectivity index (χ4v) is 6.48. The van der Waals surface area contributed by atoms with Crippen molar-refractivity contribution in [2.24, 2.45) is 0 Å². The lowest BCUT2D eigenvalue weighted by Crippen LogP contribution is -2.44. The molecule has 6 rings (SSSR count). The van der Waals surface area contributed by atoms with Crippen molar-refractivity contribution < 1.29 is 26.6 Å². The number of fused-ring (bicyclic) bond motifs is 3. The van der Waals surface area contributed by atoms with Gasteiger partial charge in [0.1, 0.15) is 4.90 Å². The van der Waals surface area contributed by atoms with E-state index in [2.05, 4.69) is 31.7 Å². The SMILES string of the molecule is O=C(Nc1c2c(cc3c1CCC3)CCC2)NS(=O)(=O)c1ccc(NC2CC(F)(F)C2)c2nonc12. The number of halogens is 2. The molecule has 0 atom stereocenters. The second-order valence-corrected chi connectivity index (χ2v) is 11.1. The monoisotopic (exact) mass is 503 g/mol. The van der Waals surface area contributed by atoms with E-state index in [0.29, 0.717) is 5.69 Å². The number of alkyl halides is 2. The number of aryl methyl sites for hydroxylation is 2. The van der Waals surface area contributed by atoms with E-state index in [0.717, 1.165) is 55.3 Å². The van der Waals surface area contributed by atoms with Crippen LogP contribution in [0.3, 0.4) is 0 Å². The van der Waals surface area contributed by atoms with Crippen molar-refractivity contribution in [1.82, 2.24) is 15.0 Å². The second-order valence-electron chi connectivity index (χ2n) is 9.47. The summed E-state index contributed by atoms with van der Waals surface area (Å²) < 4.78 is 59.4. The van der Waals surface area contributed by atoms with Crippen LogP contribution < -0.4 is 15.4 Å². The smallest absolute Gasteiger partial charge is 0.333 e. The molecule has 1 saturated carbocycles. The molecule has 1 fully saturated rings. The fraction of sp³-hybridized carbons (Fsp3) is 0.435.